The van der Waals surface area contributed by atoms with Crippen LogP contribution in [0.1, 0.15) is 56.9 Å². The minimum absolute atomic E-state index is 0.0214. The van der Waals surface area contributed by atoms with Crippen LogP contribution in [0.15, 0.2) is 60.0 Å². The lowest BCUT2D eigenvalue weighted by Crippen LogP contribution is -2.52. The minimum Gasteiger partial charge on any atom is -0.388 e. The average Bonchev–Trinajstić information content (AvgIpc) is 3.13. The number of fused-ring (bicyclic) bond motifs is 5. The number of aliphatic hydroxyl groups excluding tert-OH is 2. The molecule has 6 rings (SSSR count). The Morgan fingerprint density at radius 1 is 1.06 bits per heavy atom. The Morgan fingerprint density at radius 2 is 1.89 bits per heavy atom. The van der Waals surface area contributed by atoms with E-state index in [2.05, 4.69) is 48.3 Å². The predicted molar refractivity (Wildman–Crippen MR) is 138 cm³/mol. The topological polar surface area (TPSA) is 76.8 Å². The second-order valence-corrected chi connectivity index (χ2v) is 12.0. The number of rotatable bonds is 2. The summed E-state index contributed by atoms with van der Waals surface area (Å²) >= 11 is 0. The Hall–Kier alpha value is -2.05. The lowest BCUT2D eigenvalue weighted by molar-refractivity contribution is -0.0539. The van der Waals surface area contributed by atoms with Crippen molar-refractivity contribution in [1.82, 2.24) is 9.88 Å². The Labute approximate surface area is 208 Å². The highest BCUT2D eigenvalue weighted by atomic mass is 16.3. The fourth-order valence-electron chi connectivity index (χ4n) is 8.18. The lowest BCUT2D eigenvalue weighted by Gasteiger charge is -2.49. The third-order valence-electron chi connectivity index (χ3n) is 10.2. The van der Waals surface area contributed by atoms with Gasteiger partial charge in [0, 0.05) is 23.8 Å². The van der Waals surface area contributed by atoms with Gasteiger partial charge in [-0.15, -0.1) is 0 Å². The molecule has 1 heterocycles. The van der Waals surface area contributed by atoms with Crippen LogP contribution >= 0.6 is 0 Å². The molecule has 5 heteroatoms. The Morgan fingerprint density at radius 3 is 2.69 bits per heavy atom. The van der Waals surface area contributed by atoms with Crippen molar-refractivity contribution in [3.63, 3.8) is 0 Å². The number of pyridine rings is 1. The SMILES string of the molecule is CN(C)C1CC2CC[C@@]3(O)C(=CC[C@]4(C)C(c5ccc6ccncc6c5)CC[C@@H]34)C=C2[C@@H](O)[C@@H]1O. The summed E-state index contributed by atoms with van der Waals surface area (Å²) in [6.07, 6.45) is 11.8. The smallest absolute Gasteiger partial charge is 0.103 e. The molecular formula is C30H38N2O3. The van der Waals surface area contributed by atoms with Gasteiger partial charge in [-0.05, 0) is 110 Å². The van der Waals surface area contributed by atoms with E-state index in [4.69, 9.17) is 0 Å². The second kappa shape index (κ2) is 8.24. The summed E-state index contributed by atoms with van der Waals surface area (Å²) in [7, 11) is 3.93. The van der Waals surface area contributed by atoms with Gasteiger partial charge in [0.15, 0.2) is 0 Å². The number of hydrogen-bond donors (Lipinski definition) is 3. The number of nitrogens with zero attached hydrogens (tertiary/aromatic N) is 2. The normalized spacial score (nSPS) is 41.0. The molecule has 3 unspecified atom stereocenters. The minimum atomic E-state index is -0.886. The molecule has 2 aromatic rings. The van der Waals surface area contributed by atoms with Gasteiger partial charge in [0.05, 0.1) is 11.7 Å². The molecule has 1 aromatic carbocycles. The van der Waals surface area contributed by atoms with Crippen LogP contribution in [0.3, 0.4) is 0 Å². The molecule has 4 aliphatic rings. The van der Waals surface area contributed by atoms with Crippen LogP contribution in [0.2, 0.25) is 0 Å². The quantitative estimate of drug-likeness (QED) is 0.609. The molecule has 2 saturated carbocycles. The number of hydrogen-bond acceptors (Lipinski definition) is 5. The lowest BCUT2D eigenvalue weighted by atomic mass is 9.58. The molecule has 5 nitrogen and oxygen atoms in total. The van der Waals surface area contributed by atoms with Crippen LogP contribution in [0.5, 0.6) is 0 Å². The standard InChI is InChI=1S/C30H38N2O3/c1-29-11-9-22-16-23-19(15-25(32(2)3)28(34)27(23)33)8-12-30(22,35)26(29)7-6-24(29)20-5-4-18-10-13-31-17-21(18)14-20/h4-5,9-10,13-14,16-17,19,24-28,33-35H,6-8,11-12,15H2,1-3H3/t19?,24?,25?,26-,27-,28-,29-,30-/m1/s1. The Bertz CT molecular complexity index is 1210. The van der Waals surface area contributed by atoms with E-state index in [0.717, 1.165) is 43.3 Å². The summed E-state index contributed by atoms with van der Waals surface area (Å²) in [5, 5.41) is 36.6. The van der Waals surface area contributed by atoms with Gasteiger partial charge in [-0.2, -0.15) is 0 Å². The van der Waals surface area contributed by atoms with Crippen molar-refractivity contribution in [2.75, 3.05) is 14.1 Å². The molecule has 186 valence electrons. The summed E-state index contributed by atoms with van der Waals surface area (Å²) in [6.45, 7) is 2.37. The van der Waals surface area contributed by atoms with E-state index in [1.807, 2.05) is 31.4 Å². The van der Waals surface area contributed by atoms with Crippen molar-refractivity contribution in [1.29, 1.82) is 0 Å². The molecular weight excluding hydrogens is 436 g/mol. The fourth-order valence-corrected chi connectivity index (χ4v) is 8.18. The van der Waals surface area contributed by atoms with Crippen LogP contribution in [0.4, 0.5) is 0 Å². The molecule has 1 aromatic heterocycles. The first-order valence-electron chi connectivity index (χ1n) is 13.2. The molecule has 0 amide bonds. The molecule has 0 aliphatic heterocycles. The van der Waals surface area contributed by atoms with E-state index in [0.29, 0.717) is 12.3 Å². The number of benzene rings is 1. The molecule has 35 heavy (non-hydrogen) atoms. The molecule has 2 fully saturated rings. The van der Waals surface area contributed by atoms with E-state index >= 15 is 0 Å². The highest BCUT2D eigenvalue weighted by molar-refractivity contribution is 5.82. The summed E-state index contributed by atoms with van der Waals surface area (Å²) < 4.78 is 0. The van der Waals surface area contributed by atoms with E-state index in [1.165, 1.54) is 16.3 Å². The van der Waals surface area contributed by atoms with Crippen LogP contribution in [-0.4, -0.2) is 63.1 Å². The van der Waals surface area contributed by atoms with Crippen molar-refractivity contribution in [2.24, 2.45) is 17.3 Å². The van der Waals surface area contributed by atoms with E-state index in [9.17, 15) is 15.3 Å². The third-order valence-corrected chi connectivity index (χ3v) is 10.2. The molecule has 8 atom stereocenters. The van der Waals surface area contributed by atoms with Crippen molar-refractivity contribution in [2.45, 2.75) is 75.2 Å². The number of allylic oxidation sites excluding steroid dienone is 1. The van der Waals surface area contributed by atoms with E-state index in [-0.39, 0.29) is 23.3 Å². The highest BCUT2D eigenvalue weighted by Crippen LogP contribution is 2.64. The van der Waals surface area contributed by atoms with E-state index < -0.39 is 17.8 Å². The first-order chi connectivity index (χ1) is 16.7. The zero-order chi connectivity index (χ0) is 24.5. The summed E-state index contributed by atoms with van der Waals surface area (Å²) in [5.41, 5.74) is 2.33. The van der Waals surface area contributed by atoms with Crippen LogP contribution in [-0.2, 0) is 0 Å². The summed E-state index contributed by atoms with van der Waals surface area (Å²) in [5.74, 6) is 0.753. The van der Waals surface area contributed by atoms with Crippen molar-refractivity contribution in [3.8, 4) is 0 Å². The van der Waals surface area contributed by atoms with Gasteiger partial charge in [0.2, 0.25) is 0 Å². The number of aliphatic hydroxyl groups is 3. The largest absolute Gasteiger partial charge is 0.388 e. The molecule has 0 radical (unpaired) electrons. The van der Waals surface area contributed by atoms with Crippen molar-refractivity contribution >= 4 is 10.8 Å². The highest BCUT2D eigenvalue weighted by Gasteiger charge is 2.59. The third kappa shape index (κ3) is 3.46. The molecule has 0 bridgehead atoms. The van der Waals surface area contributed by atoms with E-state index in [1.54, 1.807) is 0 Å². The first kappa shape index (κ1) is 23.4. The maximum atomic E-state index is 12.3. The monoisotopic (exact) mass is 474 g/mol. The van der Waals surface area contributed by atoms with Gasteiger partial charge in [-0.1, -0.05) is 31.2 Å². The van der Waals surface area contributed by atoms with Crippen molar-refractivity contribution in [3.05, 3.63) is 65.5 Å². The average molecular weight is 475 g/mol. The number of likely N-dealkylation sites (N-methyl/N-ethyl adjacent to an activating group) is 1. The maximum Gasteiger partial charge on any atom is 0.103 e. The first-order valence-corrected chi connectivity index (χ1v) is 13.2. The van der Waals surface area contributed by atoms with Crippen LogP contribution in [0.25, 0.3) is 10.8 Å². The van der Waals surface area contributed by atoms with Gasteiger partial charge in [-0.25, -0.2) is 0 Å². The fraction of sp³-hybridized carbons (Fsp3) is 0.567. The van der Waals surface area contributed by atoms with Crippen molar-refractivity contribution < 1.29 is 15.3 Å². The van der Waals surface area contributed by atoms with Gasteiger partial charge in [0.1, 0.15) is 6.10 Å². The summed E-state index contributed by atoms with van der Waals surface area (Å²) in [4.78, 5) is 6.34. The van der Waals surface area contributed by atoms with Gasteiger partial charge in [-0.3, -0.25) is 4.98 Å². The van der Waals surface area contributed by atoms with Crippen LogP contribution < -0.4 is 0 Å². The molecule has 3 N–H and O–H groups in total. The number of aromatic nitrogens is 1. The van der Waals surface area contributed by atoms with Crippen LogP contribution in [0, 0.1) is 17.3 Å². The zero-order valence-electron chi connectivity index (χ0n) is 21.1. The second-order valence-electron chi connectivity index (χ2n) is 12.0. The zero-order valence-corrected chi connectivity index (χ0v) is 21.1. The van der Waals surface area contributed by atoms with Gasteiger partial charge in [0.25, 0.3) is 0 Å². The predicted octanol–water partition coefficient (Wildman–Crippen LogP) is 4.19. The maximum absolute atomic E-state index is 12.3. The Balaban J connectivity index is 1.35. The molecule has 0 saturated heterocycles. The molecule has 4 aliphatic carbocycles. The van der Waals surface area contributed by atoms with Gasteiger partial charge >= 0.3 is 0 Å². The molecule has 0 spiro atoms. The Kier molecular flexibility index (Phi) is 5.50. The van der Waals surface area contributed by atoms with Gasteiger partial charge < -0.3 is 20.2 Å². The summed E-state index contributed by atoms with van der Waals surface area (Å²) in [6, 6.07) is 8.76.